The first kappa shape index (κ1) is 18.9. The fourth-order valence-electron chi connectivity index (χ4n) is 1.87. The van der Waals surface area contributed by atoms with Gasteiger partial charge in [0.15, 0.2) is 0 Å². The number of carbonyl (C=O) groups excluding carboxylic acids is 1. The van der Waals surface area contributed by atoms with E-state index in [4.69, 9.17) is 9.47 Å². The number of nitrogens with zero attached hydrogens (tertiary/aromatic N) is 1. The maximum absolute atomic E-state index is 11.5. The minimum Gasteiger partial charge on any atom is -0.444 e. The van der Waals surface area contributed by atoms with Gasteiger partial charge in [-0.1, -0.05) is 0 Å². The van der Waals surface area contributed by atoms with E-state index in [2.05, 4.69) is 15.6 Å². The van der Waals surface area contributed by atoms with Crippen LogP contribution < -0.4 is 10.6 Å². The third kappa shape index (κ3) is 8.96. The summed E-state index contributed by atoms with van der Waals surface area (Å²) in [5.41, 5.74) is 2.41. The quantitative estimate of drug-likeness (QED) is 0.681. The zero-order chi connectivity index (χ0) is 16.4. The van der Waals surface area contributed by atoms with Crippen LogP contribution in [0.4, 0.5) is 4.79 Å². The molecule has 1 amide bonds. The lowest BCUT2D eigenvalue weighted by molar-refractivity contribution is 0.0526. The van der Waals surface area contributed by atoms with E-state index in [9.17, 15) is 4.79 Å². The number of rotatable bonds is 9. The number of carbonyl (C=O) groups is 1. The normalized spacial score (nSPS) is 12.9. The van der Waals surface area contributed by atoms with Crippen LogP contribution >= 0.6 is 11.3 Å². The van der Waals surface area contributed by atoms with Crippen molar-refractivity contribution in [1.82, 2.24) is 15.6 Å². The van der Waals surface area contributed by atoms with Crippen molar-refractivity contribution in [2.24, 2.45) is 0 Å². The molecule has 1 aromatic heterocycles. The molecule has 0 bridgehead atoms. The van der Waals surface area contributed by atoms with Crippen LogP contribution in [0.25, 0.3) is 0 Å². The van der Waals surface area contributed by atoms with Gasteiger partial charge in [-0.2, -0.15) is 0 Å². The highest BCUT2D eigenvalue weighted by molar-refractivity contribution is 7.07. The maximum Gasteiger partial charge on any atom is 0.407 e. The lowest BCUT2D eigenvalue weighted by Gasteiger charge is -2.20. The molecule has 0 radical (unpaired) electrons. The summed E-state index contributed by atoms with van der Waals surface area (Å²) in [6.45, 7) is 7.51. The fourth-order valence-corrected chi connectivity index (χ4v) is 2.43. The molecule has 0 saturated carbocycles. The average Bonchev–Trinajstić information content (AvgIpc) is 2.92. The zero-order valence-electron chi connectivity index (χ0n) is 13.8. The van der Waals surface area contributed by atoms with Gasteiger partial charge in [-0.05, 0) is 33.6 Å². The van der Waals surface area contributed by atoms with Crippen molar-refractivity contribution < 1.29 is 14.3 Å². The predicted octanol–water partition coefficient (Wildman–Crippen LogP) is 2.55. The van der Waals surface area contributed by atoms with Gasteiger partial charge < -0.3 is 20.1 Å². The first-order valence-electron chi connectivity index (χ1n) is 7.47. The predicted molar refractivity (Wildman–Crippen MR) is 88.1 cm³/mol. The van der Waals surface area contributed by atoms with Gasteiger partial charge in [0.2, 0.25) is 0 Å². The molecular weight excluding hydrogens is 302 g/mol. The van der Waals surface area contributed by atoms with Crippen molar-refractivity contribution in [2.45, 2.75) is 51.8 Å². The topological polar surface area (TPSA) is 72.5 Å². The fraction of sp³-hybridized carbons (Fsp3) is 0.733. The number of thiazole rings is 1. The van der Waals surface area contributed by atoms with Gasteiger partial charge in [0.25, 0.3) is 0 Å². The second-order valence-corrected chi connectivity index (χ2v) is 6.80. The van der Waals surface area contributed by atoms with Crippen LogP contribution in [-0.4, -0.2) is 43.0 Å². The minimum atomic E-state index is -0.461. The van der Waals surface area contributed by atoms with Crippen LogP contribution in [0.3, 0.4) is 0 Å². The zero-order valence-corrected chi connectivity index (χ0v) is 14.7. The van der Waals surface area contributed by atoms with Crippen LogP contribution in [0.1, 0.15) is 39.3 Å². The van der Waals surface area contributed by atoms with Crippen molar-refractivity contribution in [3.05, 3.63) is 16.6 Å². The molecule has 1 atom stereocenters. The standard InChI is InChI=1S/C15H27N3O3S/c1-15(2,3)21-14(19)16-7-5-6-12(9-20-4)17-8-13-10-22-11-18-13/h10-12,17H,5-9H2,1-4H3,(H,16,19). The van der Waals surface area contributed by atoms with Gasteiger partial charge in [-0.15, -0.1) is 11.3 Å². The molecule has 0 saturated heterocycles. The Hall–Kier alpha value is -1.18. The summed E-state index contributed by atoms with van der Waals surface area (Å²) in [5, 5.41) is 8.22. The van der Waals surface area contributed by atoms with Crippen molar-refractivity contribution in [1.29, 1.82) is 0 Å². The summed E-state index contributed by atoms with van der Waals surface area (Å²) in [7, 11) is 1.69. The monoisotopic (exact) mass is 329 g/mol. The van der Waals surface area contributed by atoms with Gasteiger partial charge in [0.05, 0.1) is 17.8 Å². The van der Waals surface area contributed by atoms with E-state index in [1.807, 2.05) is 31.7 Å². The molecular formula is C15H27N3O3S. The number of alkyl carbamates (subject to hydrolysis) is 1. The van der Waals surface area contributed by atoms with E-state index in [-0.39, 0.29) is 12.1 Å². The molecule has 2 N–H and O–H groups in total. The van der Waals surface area contributed by atoms with Crippen molar-refractivity contribution >= 4 is 17.4 Å². The number of methoxy groups -OCH3 is 1. The van der Waals surface area contributed by atoms with Crippen molar-refractivity contribution in [2.75, 3.05) is 20.3 Å². The van der Waals surface area contributed by atoms with Gasteiger partial charge >= 0.3 is 6.09 Å². The Bertz CT molecular complexity index is 418. The molecule has 0 fully saturated rings. The Morgan fingerprint density at radius 2 is 2.23 bits per heavy atom. The molecule has 1 rings (SSSR count). The number of ether oxygens (including phenoxy) is 2. The summed E-state index contributed by atoms with van der Waals surface area (Å²) in [6.07, 6.45) is 1.40. The molecule has 1 heterocycles. The van der Waals surface area contributed by atoms with E-state index in [1.54, 1.807) is 18.4 Å². The van der Waals surface area contributed by atoms with Gasteiger partial charge in [0.1, 0.15) is 5.60 Å². The van der Waals surface area contributed by atoms with E-state index in [1.165, 1.54) is 0 Å². The van der Waals surface area contributed by atoms with Crippen molar-refractivity contribution in [3.63, 3.8) is 0 Å². The smallest absolute Gasteiger partial charge is 0.407 e. The highest BCUT2D eigenvalue weighted by atomic mass is 32.1. The lowest BCUT2D eigenvalue weighted by Crippen LogP contribution is -2.35. The van der Waals surface area contributed by atoms with E-state index in [0.29, 0.717) is 13.2 Å². The van der Waals surface area contributed by atoms with Crippen LogP contribution in [0.5, 0.6) is 0 Å². The summed E-state index contributed by atoms with van der Waals surface area (Å²) < 4.78 is 10.4. The molecule has 0 spiro atoms. The second kappa shape index (κ2) is 9.76. The SMILES string of the molecule is COCC(CCCNC(=O)OC(C)(C)C)NCc1cscn1. The molecule has 0 aliphatic carbocycles. The van der Waals surface area contributed by atoms with E-state index < -0.39 is 5.60 Å². The minimum absolute atomic E-state index is 0.243. The molecule has 7 heteroatoms. The van der Waals surface area contributed by atoms with E-state index >= 15 is 0 Å². The molecule has 22 heavy (non-hydrogen) atoms. The van der Waals surface area contributed by atoms with Crippen LogP contribution in [0, 0.1) is 0 Å². The van der Waals surface area contributed by atoms with Crippen LogP contribution in [0.2, 0.25) is 0 Å². The highest BCUT2D eigenvalue weighted by Crippen LogP contribution is 2.07. The molecule has 1 aromatic rings. The molecule has 6 nitrogen and oxygen atoms in total. The lowest BCUT2D eigenvalue weighted by atomic mass is 10.1. The molecule has 0 aliphatic heterocycles. The first-order valence-corrected chi connectivity index (χ1v) is 8.41. The third-order valence-corrected chi connectivity index (χ3v) is 3.46. The number of aromatic nitrogens is 1. The largest absolute Gasteiger partial charge is 0.444 e. The molecule has 0 aromatic carbocycles. The summed E-state index contributed by atoms with van der Waals surface area (Å²) in [5.74, 6) is 0. The van der Waals surface area contributed by atoms with Crippen LogP contribution in [0.15, 0.2) is 10.9 Å². The van der Waals surface area contributed by atoms with Gasteiger partial charge in [-0.25, -0.2) is 9.78 Å². The molecule has 1 unspecified atom stereocenters. The Labute approximate surface area is 136 Å². The molecule has 126 valence electrons. The Balaban J connectivity index is 2.19. The summed E-state index contributed by atoms with van der Waals surface area (Å²) >= 11 is 1.59. The highest BCUT2D eigenvalue weighted by Gasteiger charge is 2.15. The number of amides is 1. The second-order valence-electron chi connectivity index (χ2n) is 6.08. The summed E-state index contributed by atoms with van der Waals surface area (Å²) in [6, 6.07) is 0.243. The average molecular weight is 329 g/mol. The molecule has 0 aliphatic rings. The van der Waals surface area contributed by atoms with Crippen molar-refractivity contribution in [3.8, 4) is 0 Å². The third-order valence-electron chi connectivity index (χ3n) is 2.82. The summed E-state index contributed by atoms with van der Waals surface area (Å²) in [4.78, 5) is 15.8. The number of hydrogen-bond acceptors (Lipinski definition) is 6. The first-order chi connectivity index (χ1) is 10.4. The Morgan fingerprint density at radius 3 is 2.82 bits per heavy atom. The Kier molecular flexibility index (Phi) is 8.37. The van der Waals surface area contributed by atoms with Crippen LogP contribution in [-0.2, 0) is 16.0 Å². The Morgan fingerprint density at radius 1 is 1.45 bits per heavy atom. The van der Waals surface area contributed by atoms with E-state index in [0.717, 1.165) is 25.1 Å². The maximum atomic E-state index is 11.5. The van der Waals surface area contributed by atoms with Gasteiger partial charge in [-0.3, -0.25) is 0 Å². The number of hydrogen-bond donors (Lipinski definition) is 2. The number of nitrogens with one attached hydrogen (secondary N) is 2. The van der Waals surface area contributed by atoms with Gasteiger partial charge in [0, 0.05) is 31.6 Å².